The maximum absolute atomic E-state index is 14.7. The lowest BCUT2D eigenvalue weighted by atomic mass is 9.86. The van der Waals surface area contributed by atoms with Crippen LogP contribution in [0.15, 0.2) is 60.8 Å². The fourth-order valence-electron chi connectivity index (χ4n) is 5.31. The minimum absolute atomic E-state index is 0.0731. The van der Waals surface area contributed by atoms with Gasteiger partial charge in [-0.05, 0) is 62.1 Å². The van der Waals surface area contributed by atoms with E-state index in [0.29, 0.717) is 25.0 Å². The van der Waals surface area contributed by atoms with Crippen LogP contribution in [0.3, 0.4) is 0 Å². The summed E-state index contributed by atoms with van der Waals surface area (Å²) < 4.78 is 45.4. The Balaban J connectivity index is 1.49. The van der Waals surface area contributed by atoms with Crippen LogP contribution in [-0.2, 0) is 27.1 Å². The molecule has 2 heterocycles. The Bertz CT molecular complexity index is 1360. The van der Waals surface area contributed by atoms with Gasteiger partial charge in [0.05, 0.1) is 13.2 Å². The third kappa shape index (κ3) is 8.03. The monoisotopic (exact) mass is 582 g/mol. The van der Waals surface area contributed by atoms with E-state index in [2.05, 4.69) is 10.3 Å². The van der Waals surface area contributed by atoms with Gasteiger partial charge in [-0.25, -0.2) is 18.6 Å². The number of nitrogens with zero attached hydrogens (tertiary/aromatic N) is 1. The Morgan fingerprint density at radius 1 is 1.14 bits per heavy atom. The molecule has 2 N–H and O–H groups in total. The van der Waals surface area contributed by atoms with Gasteiger partial charge in [-0.3, -0.25) is 4.79 Å². The number of hydrogen-bond acceptors (Lipinski definition) is 7. The van der Waals surface area contributed by atoms with E-state index in [4.69, 9.17) is 14.2 Å². The minimum Gasteiger partial charge on any atom is -0.503 e. The van der Waals surface area contributed by atoms with E-state index in [0.717, 1.165) is 18.9 Å². The quantitative estimate of drug-likeness (QED) is 0.251. The number of aryl methyl sites for hydroxylation is 1. The van der Waals surface area contributed by atoms with Crippen LogP contribution in [0.4, 0.5) is 8.78 Å². The van der Waals surface area contributed by atoms with Crippen LogP contribution in [0.25, 0.3) is 0 Å². The zero-order valence-corrected chi connectivity index (χ0v) is 23.7. The topological polar surface area (TPSA) is 107 Å². The second kappa shape index (κ2) is 14.7. The highest BCUT2D eigenvalue weighted by Gasteiger charge is 2.36. The molecule has 1 aliphatic heterocycles. The summed E-state index contributed by atoms with van der Waals surface area (Å²) in [6, 6.07) is 13.9. The van der Waals surface area contributed by atoms with Gasteiger partial charge < -0.3 is 24.6 Å². The molecule has 4 atom stereocenters. The first-order valence-electron chi connectivity index (χ1n) is 14.1. The normalized spacial score (nSPS) is 21.0. The third-order valence-electron chi connectivity index (χ3n) is 7.47. The number of methoxy groups -OCH3 is 1. The summed E-state index contributed by atoms with van der Waals surface area (Å²) in [5, 5.41) is 13.0. The second-order valence-electron chi connectivity index (χ2n) is 10.4. The van der Waals surface area contributed by atoms with E-state index in [-0.39, 0.29) is 30.2 Å². The number of carbonyl (C=O) groups is 2. The molecule has 0 spiro atoms. The number of aromatic hydroxyl groups is 1. The molecule has 224 valence electrons. The number of esters is 1. The minimum atomic E-state index is -1.01. The van der Waals surface area contributed by atoms with Crippen molar-refractivity contribution in [3.63, 3.8) is 0 Å². The first-order chi connectivity index (χ1) is 20.3. The number of pyridine rings is 1. The largest absolute Gasteiger partial charge is 0.503 e. The van der Waals surface area contributed by atoms with Gasteiger partial charge in [-0.15, -0.1) is 0 Å². The van der Waals surface area contributed by atoms with Crippen LogP contribution in [0.5, 0.6) is 11.5 Å². The van der Waals surface area contributed by atoms with Crippen LogP contribution in [0.1, 0.15) is 54.2 Å². The number of hydrogen-bond donors (Lipinski definition) is 2. The van der Waals surface area contributed by atoms with E-state index in [1.807, 2.05) is 30.3 Å². The standard InChI is InChI=1S/C32H36F2N2O6/c1-20-30(41-17-7-10-21-8-4-3-5-9-21)23(18-22-13-14-24(33)19-25(22)34)11-6-12-26(32(39)42-20)36-31(38)28-29(37)27(40-2)15-16-35-28/h3-5,8-9,13-16,19-20,23,26,30,37H,6-7,10-12,17-18H2,1-2H3,(H,36,38)/t20-,23+,26-,30-/m0/s1. The molecule has 0 radical (unpaired) electrons. The van der Waals surface area contributed by atoms with Crippen LogP contribution in [0.2, 0.25) is 0 Å². The van der Waals surface area contributed by atoms with Crippen molar-refractivity contribution in [3.8, 4) is 11.5 Å². The van der Waals surface area contributed by atoms with E-state index < -0.39 is 47.5 Å². The number of cyclic esters (lactones) is 1. The molecule has 0 unspecified atom stereocenters. The van der Waals surface area contributed by atoms with Crippen molar-refractivity contribution in [2.45, 2.75) is 63.7 Å². The Kier molecular flexibility index (Phi) is 10.8. The Hall–Kier alpha value is -4.05. The van der Waals surface area contributed by atoms with E-state index in [9.17, 15) is 23.5 Å². The maximum atomic E-state index is 14.7. The Morgan fingerprint density at radius 3 is 2.67 bits per heavy atom. The molecule has 0 bridgehead atoms. The highest BCUT2D eigenvalue weighted by atomic mass is 19.1. The molecule has 1 saturated heterocycles. The van der Waals surface area contributed by atoms with Crippen LogP contribution in [0, 0.1) is 17.6 Å². The van der Waals surface area contributed by atoms with Crippen LogP contribution < -0.4 is 10.1 Å². The molecular weight excluding hydrogens is 546 g/mol. The van der Waals surface area contributed by atoms with Gasteiger partial charge in [-0.2, -0.15) is 0 Å². The lowest BCUT2D eigenvalue weighted by molar-refractivity contribution is -0.160. The lowest BCUT2D eigenvalue weighted by Crippen LogP contribution is -2.44. The molecule has 8 nitrogen and oxygen atoms in total. The fourth-order valence-corrected chi connectivity index (χ4v) is 5.31. The van der Waals surface area contributed by atoms with Gasteiger partial charge in [0, 0.05) is 24.9 Å². The molecule has 1 amide bonds. The summed E-state index contributed by atoms with van der Waals surface area (Å²) in [6.45, 7) is 2.11. The molecular formula is C32H36F2N2O6. The summed E-state index contributed by atoms with van der Waals surface area (Å²) in [5.41, 5.74) is 1.25. The van der Waals surface area contributed by atoms with Crippen molar-refractivity contribution in [1.29, 1.82) is 0 Å². The summed E-state index contributed by atoms with van der Waals surface area (Å²) in [6.07, 6.45) is 3.10. The van der Waals surface area contributed by atoms with Crippen LogP contribution >= 0.6 is 0 Å². The molecule has 4 rings (SSSR count). The van der Waals surface area contributed by atoms with E-state index in [1.54, 1.807) is 6.92 Å². The van der Waals surface area contributed by atoms with Crippen molar-refractivity contribution in [1.82, 2.24) is 10.3 Å². The average molecular weight is 583 g/mol. The van der Waals surface area contributed by atoms with Gasteiger partial charge in [-0.1, -0.05) is 42.8 Å². The first kappa shape index (κ1) is 30.9. The fraction of sp³-hybridized carbons (Fsp3) is 0.406. The molecule has 1 aromatic heterocycles. The number of nitrogens with one attached hydrogen (secondary N) is 1. The SMILES string of the molecule is COc1ccnc(C(=O)N[C@H]2CCC[C@H](Cc3ccc(F)cc3F)[C@@H](OCCCc3ccccc3)[C@H](C)OC2=O)c1O. The van der Waals surface area contributed by atoms with Gasteiger partial charge in [0.1, 0.15) is 23.8 Å². The molecule has 1 aliphatic rings. The number of amides is 1. The number of halogens is 2. The average Bonchev–Trinajstić information content (AvgIpc) is 3.02. The van der Waals surface area contributed by atoms with Crippen LogP contribution in [-0.4, -0.2) is 53.9 Å². The molecule has 0 aliphatic carbocycles. The molecule has 2 aromatic carbocycles. The molecule has 1 fully saturated rings. The molecule has 10 heteroatoms. The zero-order valence-electron chi connectivity index (χ0n) is 23.7. The third-order valence-corrected chi connectivity index (χ3v) is 7.47. The van der Waals surface area contributed by atoms with Gasteiger partial charge in [0.25, 0.3) is 5.91 Å². The maximum Gasteiger partial charge on any atom is 0.329 e. The molecule has 42 heavy (non-hydrogen) atoms. The number of carbonyl (C=O) groups excluding carboxylic acids is 2. The first-order valence-corrected chi connectivity index (χ1v) is 14.1. The lowest BCUT2D eigenvalue weighted by Gasteiger charge is -2.31. The van der Waals surface area contributed by atoms with Crippen molar-refractivity contribution in [3.05, 3.63) is 89.2 Å². The van der Waals surface area contributed by atoms with Crippen molar-refractivity contribution >= 4 is 11.9 Å². The van der Waals surface area contributed by atoms with E-state index >= 15 is 0 Å². The van der Waals surface area contributed by atoms with Gasteiger partial charge in [0.2, 0.25) is 0 Å². The van der Waals surface area contributed by atoms with E-state index in [1.165, 1.54) is 37.1 Å². The number of ether oxygens (including phenoxy) is 3. The highest BCUT2D eigenvalue weighted by Crippen LogP contribution is 2.30. The summed E-state index contributed by atoms with van der Waals surface area (Å²) in [7, 11) is 1.35. The number of benzene rings is 2. The van der Waals surface area contributed by atoms with Gasteiger partial charge in [0.15, 0.2) is 17.2 Å². The predicted octanol–water partition coefficient (Wildman–Crippen LogP) is 5.16. The second-order valence-corrected chi connectivity index (χ2v) is 10.4. The predicted molar refractivity (Wildman–Crippen MR) is 151 cm³/mol. The molecule has 3 aromatic rings. The number of rotatable bonds is 10. The van der Waals surface area contributed by atoms with Crippen molar-refractivity contribution in [2.75, 3.05) is 13.7 Å². The Morgan fingerprint density at radius 2 is 1.93 bits per heavy atom. The smallest absolute Gasteiger partial charge is 0.329 e. The zero-order chi connectivity index (χ0) is 30.1. The van der Waals surface area contributed by atoms with Crippen molar-refractivity contribution in [2.24, 2.45) is 5.92 Å². The molecule has 0 saturated carbocycles. The van der Waals surface area contributed by atoms with Crippen molar-refractivity contribution < 1.29 is 37.7 Å². The Labute approximate surface area is 244 Å². The highest BCUT2D eigenvalue weighted by molar-refractivity contribution is 5.97. The summed E-state index contributed by atoms with van der Waals surface area (Å²) in [5.74, 6) is -3.31. The number of aromatic nitrogens is 1. The van der Waals surface area contributed by atoms with Gasteiger partial charge >= 0.3 is 5.97 Å². The summed E-state index contributed by atoms with van der Waals surface area (Å²) >= 11 is 0. The summed E-state index contributed by atoms with van der Waals surface area (Å²) in [4.78, 5) is 30.1.